The van der Waals surface area contributed by atoms with Crippen molar-refractivity contribution in [2.75, 3.05) is 13.1 Å². The van der Waals surface area contributed by atoms with E-state index in [2.05, 4.69) is 11.9 Å². The predicted octanol–water partition coefficient (Wildman–Crippen LogP) is 3.17. The number of nitrogens with zero attached hydrogens (tertiary/aromatic N) is 4. The number of likely N-dealkylation sites (tertiary alicyclic amines) is 1. The number of nitro benzene ring substituents is 1. The van der Waals surface area contributed by atoms with Crippen LogP contribution in [0, 0.1) is 16.0 Å². The first kappa shape index (κ1) is 16.4. The summed E-state index contributed by atoms with van der Waals surface area (Å²) in [6.45, 7) is 3.39. The van der Waals surface area contributed by atoms with Gasteiger partial charge >= 0.3 is 0 Å². The molecular formula is C16H17ClN4O3. The summed E-state index contributed by atoms with van der Waals surface area (Å²) in [5.74, 6) is 0.271. The number of hydrogen-bond donors (Lipinski definition) is 0. The van der Waals surface area contributed by atoms with Crippen LogP contribution in [0.4, 0.5) is 5.69 Å². The summed E-state index contributed by atoms with van der Waals surface area (Å²) in [7, 11) is 0. The zero-order chi connectivity index (χ0) is 17.3. The Bertz CT molecular complexity index is 763. The summed E-state index contributed by atoms with van der Waals surface area (Å²) in [4.78, 5) is 28.8. The van der Waals surface area contributed by atoms with Crippen LogP contribution < -0.4 is 0 Å². The Morgan fingerprint density at radius 1 is 1.46 bits per heavy atom. The smallest absolute Gasteiger partial charge is 0.287 e. The van der Waals surface area contributed by atoms with Crippen molar-refractivity contribution in [1.82, 2.24) is 14.5 Å². The van der Waals surface area contributed by atoms with E-state index in [1.807, 2.05) is 10.8 Å². The minimum absolute atomic E-state index is 0.0256. The lowest BCUT2D eigenvalue weighted by Crippen LogP contribution is -2.43. The van der Waals surface area contributed by atoms with Crippen molar-refractivity contribution in [2.45, 2.75) is 19.4 Å². The Morgan fingerprint density at radius 2 is 2.25 bits per heavy atom. The van der Waals surface area contributed by atoms with Gasteiger partial charge in [0.1, 0.15) is 5.02 Å². The van der Waals surface area contributed by atoms with Gasteiger partial charge in [-0.15, -0.1) is 0 Å². The number of nitro groups is 1. The quantitative estimate of drug-likeness (QED) is 0.630. The normalized spacial score (nSPS) is 20.8. The summed E-state index contributed by atoms with van der Waals surface area (Å²) < 4.78 is 2.02. The third kappa shape index (κ3) is 3.12. The third-order valence-electron chi connectivity index (χ3n) is 4.51. The van der Waals surface area contributed by atoms with Crippen LogP contribution in [-0.2, 0) is 0 Å². The average Bonchev–Trinajstić information content (AvgIpc) is 3.08. The monoisotopic (exact) mass is 348 g/mol. The van der Waals surface area contributed by atoms with Crippen molar-refractivity contribution < 1.29 is 9.72 Å². The van der Waals surface area contributed by atoms with Gasteiger partial charge in [-0.1, -0.05) is 18.5 Å². The first-order chi connectivity index (χ1) is 11.5. The van der Waals surface area contributed by atoms with Gasteiger partial charge in [-0.05, 0) is 24.5 Å². The zero-order valence-corrected chi connectivity index (χ0v) is 13.9. The molecule has 126 valence electrons. The molecule has 1 fully saturated rings. The van der Waals surface area contributed by atoms with Crippen molar-refractivity contribution in [1.29, 1.82) is 0 Å². The molecule has 2 aromatic rings. The lowest BCUT2D eigenvalue weighted by Gasteiger charge is -2.37. The largest absolute Gasteiger partial charge is 0.337 e. The summed E-state index contributed by atoms with van der Waals surface area (Å²) in [5.41, 5.74) is 0.168. The molecular weight excluding hydrogens is 332 g/mol. The number of carbonyl (C=O) groups excluding carboxylic acids is 1. The molecule has 2 unspecified atom stereocenters. The van der Waals surface area contributed by atoms with Gasteiger partial charge < -0.3 is 9.47 Å². The Labute approximate surface area is 144 Å². The van der Waals surface area contributed by atoms with Gasteiger partial charge in [-0.25, -0.2) is 4.98 Å². The molecule has 2 atom stereocenters. The molecule has 0 N–H and O–H groups in total. The van der Waals surface area contributed by atoms with Gasteiger partial charge in [-0.3, -0.25) is 14.9 Å². The number of imidazole rings is 1. The van der Waals surface area contributed by atoms with E-state index in [-0.39, 0.29) is 22.7 Å². The SMILES string of the molecule is CC1CCN(C(=O)c2ccc([N+](=O)[O-])c(Cl)c2)CC1n1ccnc1. The number of benzene rings is 1. The molecule has 0 radical (unpaired) electrons. The van der Waals surface area contributed by atoms with E-state index in [0.29, 0.717) is 24.6 Å². The second-order valence-corrected chi connectivity index (χ2v) is 6.42. The van der Waals surface area contributed by atoms with E-state index in [9.17, 15) is 14.9 Å². The van der Waals surface area contributed by atoms with E-state index in [0.717, 1.165) is 6.42 Å². The summed E-state index contributed by atoms with van der Waals surface area (Å²) in [5, 5.41) is 10.8. The van der Waals surface area contributed by atoms with Gasteiger partial charge in [0.25, 0.3) is 11.6 Å². The van der Waals surface area contributed by atoms with Gasteiger partial charge in [0, 0.05) is 37.1 Å². The lowest BCUT2D eigenvalue weighted by molar-refractivity contribution is -0.384. The number of aromatic nitrogens is 2. The molecule has 0 spiro atoms. The highest BCUT2D eigenvalue weighted by Gasteiger charge is 2.30. The van der Waals surface area contributed by atoms with Gasteiger partial charge in [0.15, 0.2) is 0 Å². The molecule has 0 aliphatic carbocycles. The maximum Gasteiger partial charge on any atom is 0.287 e. The number of hydrogen-bond acceptors (Lipinski definition) is 4. The van der Waals surface area contributed by atoms with Crippen molar-refractivity contribution in [2.24, 2.45) is 5.92 Å². The first-order valence-corrected chi connectivity index (χ1v) is 8.06. The van der Waals surface area contributed by atoms with Crippen molar-refractivity contribution in [3.05, 3.63) is 57.6 Å². The van der Waals surface area contributed by atoms with Crippen LogP contribution in [0.2, 0.25) is 5.02 Å². The standard InChI is InChI=1S/C16H17ClN4O3/c1-11-4-6-19(9-15(11)20-7-5-18-10-20)16(22)12-2-3-14(21(23)24)13(17)8-12/h2-3,5,7-8,10-11,15H,4,6,9H2,1H3. The van der Waals surface area contributed by atoms with Crippen LogP contribution >= 0.6 is 11.6 Å². The van der Waals surface area contributed by atoms with Crippen LogP contribution in [0.3, 0.4) is 0 Å². The second-order valence-electron chi connectivity index (χ2n) is 6.02. The number of amides is 1. The molecule has 1 aliphatic rings. The first-order valence-electron chi connectivity index (χ1n) is 7.68. The molecule has 1 saturated heterocycles. The molecule has 1 aromatic heterocycles. The van der Waals surface area contributed by atoms with Gasteiger partial charge in [-0.2, -0.15) is 0 Å². The van der Waals surface area contributed by atoms with Gasteiger partial charge in [0.05, 0.1) is 17.3 Å². The zero-order valence-electron chi connectivity index (χ0n) is 13.1. The molecule has 3 rings (SSSR count). The van der Waals surface area contributed by atoms with E-state index >= 15 is 0 Å². The molecule has 0 saturated carbocycles. The highest BCUT2D eigenvalue weighted by atomic mass is 35.5. The van der Waals surface area contributed by atoms with Crippen molar-refractivity contribution in [3.8, 4) is 0 Å². The second kappa shape index (κ2) is 6.60. The molecule has 24 heavy (non-hydrogen) atoms. The topological polar surface area (TPSA) is 81.3 Å². The van der Waals surface area contributed by atoms with E-state index in [4.69, 9.17) is 11.6 Å². The fourth-order valence-corrected chi connectivity index (χ4v) is 3.31. The van der Waals surface area contributed by atoms with E-state index < -0.39 is 4.92 Å². The fraction of sp³-hybridized carbons (Fsp3) is 0.375. The van der Waals surface area contributed by atoms with Crippen LogP contribution in [0.1, 0.15) is 29.7 Å². The number of carbonyl (C=O) groups is 1. The molecule has 1 aliphatic heterocycles. The minimum Gasteiger partial charge on any atom is -0.337 e. The van der Waals surface area contributed by atoms with E-state index in [1.54, 1.807) is 17.4 Å². The highest BCUT2D eigenvalue weighted by molar-refractivity contribution is 6.33. The average molecular weight is 349 g/mol. The van der Waals surface area contributed by atoms with Crippen molar-refractivity contribution >= 4 is 23.2 Å². The molecule has 2 heterocycles. The molecule has 7 nitrogen and oxygen atoms in total. The van der Waals surface area contributed by atoms with Crippen molar-refractivity contribution in [3.63, 3.8) is 0 Å². The van der Waals surface area contributed by atoms with E-state index in [1.165, 1.54) is 18.2 Å². The van der Waals surface area contributed by atoms with Crippen LogP contribution in [-0.4, -0.2) is 38.4 Å². The maximum atomic E-state index is 12.7. The minimum atomic E-state index is -0.561. The molecule has 1 aromatic carbocycles. The number of halogens is 1. The predicted molar refractivity (Wildman–Crippen MR) is 89.1 cm³/mol. The molecule has 8 heteroatoms. The van der Waals surface area contributed by atoms with Gasteiger partial charge in [0.2, 0.25) is 0 Å². The molecule has 0 bridgehead atoms. The Kier molecular flexibility index (Phi) is 4.53. The summed E-state index contributed by atoms with van der Waals surface area (Å²) in [6.07, 6.45) is 6.27. The molecule has 1 amide bonds. The van der Waals surface area contributed by atoms with Crippen LogP contribution in [0.25, 0.3) is 0 Å². The highest BCUT2D eigenvalue weighted by Crippen LogP contribution is 2.30. The van der Waals surface area contributed by atoms with Crippen LogP contribution in [0.15, 0.2) is 36.9 Å². The lowest BCUT2D eigenvalue weighted by atomic mass is 9.93. The Hall–Kier alpha value is -2.41. The number of rotatable bonds is 3. The number of piperidine rings is 1. The van der Waals surface area contributed by atoms with Crippen LogP contribution in [0.5, 0.6) is 0 Å². The Balaban J connectivity index is 1.80. The Morgan fingerprint density at radius 3 is 2.88 bits per heavy atom. The maximum absolute atomic E-state index is 12.7. The summed E-state index contributed by atoms with van der Waals surface area (Å²) >= 11 is 5.92. The fourth-order valence-electron chi connectivity index (χ4n) is 3.06. The summed E-state index contributed by atoms with van der Waals surface area (Å²) in [6, 6.07) is 4.26. The third-order valence-corrected chi connectivity index (χ3v) is 4.81.